The number of hydrogen-bond donors (Lipinski definition) is 1. The highest BCUT2D eigenvalue weighted by Gasteiger charge is 2.11. The molecule has 1 saturated heterocycles. The van der Waals surface area contributed by atoms with Crippen LogP contribution < -0.4 is 5.32 Å². The first-order chi connectivity index (χ1) is 9.40. The van der Waals surface area contributed by atoms with Gasteiger partial charge in [0.05, 0.1) is 12.8 Å². The maximum Gasteiger partial charge on any atom is 0.122 e. The number of hydrogen-bond acceptors (Lipinski definition) is 3. The van der Waals surface area contributed by atoms with Gasteiger partial charge in [-0.1, -0.05) is 12.1 Å². The van der Waals surface area contributed by atoms with Gasteiger partial charge in [0.15, 0.2) is 0 Å². The Kier molecular flexibility index (Phi) is 3.84. The highest BCUT2D eigenvalue weighted by molar-refractivity contribution is 5.45. The summed E-state index contributed by atoms with van der Waals surface area (Å²) in [5, 5.41) is 3.40. The van der Waals surface area contributed by atoms with E-state index in [2.05, 4.69) is 34.5 Å². The van der Waals surface area contributed by atoms with Crippen LogP contribution in [0.3, 0.4) is 0 Å². The lowest BCUT2D eigenvalue weighted by Gasteiger charge is -2.15. The van der Waals surface area contributed by atoms with Gasteiger partial charge in [0.1, 0.15) is 5.76 Å². The van der Waals surface area contributed by atoms with Crippen molar-refractivity contribution in [2.75, 3.05) is 18.4 Å². The van der Waals surface area contributed by atoms with E-state index in [1.807, 2.05) is 12.1 Å². The zero-order chi connectivity index (χ0) is 12.9. The van der Waals surface area contributed by atoms with Crippen LogP contribution in [0.5, 0.6) is 0 Å². The fraction of sp³-hybridized carbons (Fsp3) is 0.375. The number of anilines is 1. The molecule has 1 N–H and O–H groups in total. The SMILES string of the molecule is c1cc(CN2CCCC2)cc(NCc2ccco2)c1. The van der Waals surface area contributed by atoms with Gasteiger partial charge in [0.2, 0.25) is 0 Å². The highest BCUT2D eigenvalue weighted by atomic mass is 16.3. The molecule has 100 valence electrons. The molecule has 3 rings (SSSR count). The summed E-state index contributed by atoms with van der Waals surface area (Å²) in [5.41, 5.74) is 2.54. The Balaban J connectivity index is 1.59. The Morgan fingerprint density at radius 2 is 2.00 bits per heavy atom. The number of rotatable bonds is 5. The first-order valence-electron chi connectivity index (χ1n) is 6.98. The van der Waals surface area contributed by atoms with E-state index in [9.17, 15) is 0 Å². The summed E-state index contributed by atoms with van der Waals surface area (Å²) in [6.45, 7) is 4.28. The van der Waals surface area contributed by atoms with E-state index in [-0.39, 0.29) is 0 Å². The maximum absolute atomic E-state index is 5.32. The van der Waals surface area contributed by atoms with Gasteiger partial charge in [-0.25, -0.2) is 0 Å². The van der Waals surface area contributed by atoms with Gasteiger partial charge in [0, 0.05) is 12.2 Å². The monoisotopic (exact) mass is 256 g/mol. The summed E-state index contributed by atoms with van der Waals surface area (Å²) in [7, 11) is 0. The van der Waals surface area contributed by atoms with Gasteiger partial charge in [-0.2, -0.15) is 0 Å². The first kappa shape index (κ1) is 12.3. The average molecular weight is 256 g/mol. The second-order valence-electron chi connectivity index (χ2n) is 5.12. The van der Waals surface area contributed by atoms with Crippen molar-refractivity contribution in [3.05, 3.63) is 54.0 Å². The van der Waals surface area contributed by atoms with Gasteiger partial charge in [0.25, 0.3) is 0 Å². The van der Waals surface area contributed by atoms with Crippen LogP contribution in [0.15, 0.2) is 47.1 Å². The van der Waals surface area contributed by atoms with Crippen LogP contribution in [-0.4, -0.2) is 18.0 Å². The van der Waals surface area contributed by atoms with Crippen molar-refractivity contribution in [3.63, 3.8) is 0 Å². The average Bonchev–Trinajstić information content (AvgIpc) is 3.10. The number of likely N-dealkylation sites (tertiary alicyclic amines) is 1. The van der Waals surface area contributed by atoms with E-state index < -0.39 is 0 Å². The van der Waals surface area contributed by atoms with Crippen LogP contribution in [0.2, 0.25) is 0 Å². The number of furan rings is 1. The minimum Gasteiger partial charge on any atom is -0.467 e. The summed E-state index contributed by atoms with van der Waals surface area (Å²) in [4.78, 5) is 2.52. The molecule has 0 amide bonds. The third-order valence-electron chi connectivity index (χ3n) is 3.58. The third kappa shape index (κ3) is 3.38. The Morgan fingerprint density at radius 3 is 2.79 bits per heavy atom. The number of nitrogens with one attached hydrogen (secondary N) is 1. The van der Waals surface area contributed by atoms with E-state index in [1.54, 1.807) is 6.26 Å². The van der Waals surface area contributed by atoms with Crippen molar-refractivity contribution >= 4 is 5.69 Å². The molecule has 1 aromatic heterocycles. The summed E-state index contributed by atoms with van der Waals surface area (Å²) in [6.07, 6.45) is 4.40. The van der Waals surface area contributed by atoms with E-state index >= 15 is 0 Å². The van der Waals surface area contributed by atoms with Crippen molar-refractivity contribution in [2.45, 2.75) is 25.9 Å². The fourth-order valence-corrected chi connectivity index (χ4v) is 2.58. The van der Waals surface area contributed by atoms with Crippen molar-refractivity contribution in [1.82, 2.24) is 4.90 Å². The summed E-state index contributed by atoms with van der Waals surface area (Å²) >= 11 is 0. The topological polar surface area (TPSA) is 28.4 Å². The molecule has 2 aromatic rings. The second kappa shape index (κ2) is 5.93. The van der Waals surface area contributed by atoms with Gasteiger partial charge in [-0.3, -0.25) is 4.90 Å². The molecule has 0 aliphatic carbocycles. The van der Waals surface area contributed by atoms with Crippen LogP contribution in [0.4, 0.5) is 5.69 Å². The Bertz CT molecular complexity index is 501. The lowest BCUT2D eigenvalue weighted by Crippen LogP contribution is -2.18. The molecule has 0 radical (unpaired) electrons. The molecular weight excluding hydrogens is 236 g/mol. The summed E-state index contributed by atoms with van der Waals surface area (Å²) in [6, 6.07) is 12.6. The lowest BCUT2D eigenvalue weighted by atomic mass is 10.2. The molecule has 2 heterocycles. The zero-order valence-electron chi connectivity index (χ0n) is 11.1. The minimum atomic E-state index is 0.736. The zero-order valence-corrected chi connectivity index (χ0v) is 11.1. The molecule has 1 fully saturated rings. The standard InChI is InChI=1S/C16H20N2O/c1-2-9-18(8-1)13-14-5-3-6-15(11-14)17-12-16-7-4-10-19-16/h3-7,10-11,17H,1-2,8-9,12-13H2. The molecule has 3 nitrogen and oxygen atoms in total. The molecule has 0 saturated carbocycles. The van der Waals surface area contributed by atoms with Crippen molar-refractivity contribution in [3.8, 4) is 0 Å². The van der Waals surface area contributed by atoms with Crippen LogP contribution in [0.1, 0.15) is 24.2 Å². The number of benzene rings is 1. The van der Waals surface area contributed by atoms with E-state index in [0.717, 1.165) is 24.5 Å². The summed E-state index contributed by atoms with van der Waals surface area (Å²) in [5.74, 6) is 0.963. The van der Waals surface area contributed by atoms with E-state index in [1.165, 1.54) is 31.5 Å². The number of nitrogens with zero attached hydrogens (tertiary/aromatic N) is 1. The van der Waals surface area contributed by atoms with Crippen molar-refractivity contribution in [2.24, 2.45) is 0 Å². The van der Waals surface area contributed by atoms with Gasteiger partial charge in [-0.05, 0) is 55.8 Å². The van der Waals surface area contributed by atoms with Crippen molar-refractivity contribution in [1.29, 1.82) is 0 Å². The van der Waals surface area contributed by atoms with Gasteiger partial charge >= 0.3 is 0 Å². The minimum absolute atomic E-state index is 0.736. The maximum atomic E-state index is 5.32. The summed E-state index contributed by atoms with van der Waals surface area (Å²) < 4.78 is 5.32. The normalized spacial score (nSPS) is 15.8. The van der Waals surface area contributed by atoms with Gasteiger partial charge < -0.3 is 9.73 Å². The highest BCUT2D eigenvalue weighted by Crippen LogP contribution is 2.16. The molecule has 1 aromatic carbocycles. The molecule has 0 bridgehead atoms. The molecular formula is C16H20N2O. The molecule has 1 aliphatic rings. The molecule has 0 unspecified atom stereocenters. The molecule has 3 heteroatoms. The lowest BCUT2D eigenvalue weighted by molar-refractivity contribution is 0.331. The van der Waals surface area contributed by atoms with Crippen molar-refractivity contribution < 1.29 is 4.42 Å². The Morgan fingerprint density at radius 1 is 1.11 bits per heavy atom. The smallest absolute Gasteiger partial charge is 0.122 e. The second-order valence-corrected chi connectivity index (χ2v) is 5.12. The fourth-order valence-electron chi connectivity index (χ4n) is 2.58. The van der Waals surface area contributed by atoms with Crippen LogP contribution in [-0.2, 0) is 13.1 Å². The van der Waals surface area contributed by atoms with Crippen LogP contribution in [0, 0.1) is 0 Å². The largest absolute Gasteiger partial charge is 0.467 e. The van der Waals surface area contributed by atoms with Crippen LogP contribution >= 0.6 is 0 Å². The third-order valence-corrected chi connectivity index (χ3v) is 3.58. The molecule has 1 aliphatic heterocycles. The van der Waals surface area contributed by atoms with E-state index in [4.69, 9.17) is 4.42 Å². The predicted molar refractivity (Wildman–Crippen MR) is 77.0 cm³/mol. The van der Waals surface area contributed by atoms with Gasteiger partial charge in [-0.15, -0.1) is 0 Å². The Labute approximate surface area is 114 Å². The Hall–Kier alpha value is -1.74. The van der Waals surface area contributed by atoms with E-state index in [0.29, 0.717) is 0 Å². The predicted octanol–water partition coefficient (Wildman–Crippen LogP) is 3.49. The first-order valence-corrected chi connectivity index (χ1v) is 6.98. The molecule has 19 heavy (non-hydrogen) atoms. The van der Waals surface area contributed by atoms with Crippen LogP contribution in [0.25, 0.3) is 0 Å². The quantitative estimate of drug-likeness (QED) is 0.887. The molecule has 0 atom stereocenters. The molecule has 0 spiro atoms.